The van der Waals surface area contributed by atoms with Crippen LogP contribution in [0.3, 0.4) is 0 Å². The molecule has 0 unspecified atom stereocenters. The van der Waals surface area contributed by atoms with E-state index in [-0.39, 0.29) is 5.54 Å². The summed E-state index contributed by atoms with van der Waals surface area (Å²) in [6.45, 7) is 7.59. The van der Waals surface area contributed by atoms with Crippen molar-refractivity contribution in [2.24, 2.45) is 0 Å². The topological polar surface area (TPSA) is 28.2 Å². The van der Waals surface area contributed by atoms with Crippen LogP contribution in [0.5, 0.6) is 0 Å². The molecule has 0 aliphatic carbocycles. The van der Waals surface area contributed by atoms with Crippen LogP contribution < -0.4 is 5.32 Å². The minimum absolute atomic E-state index is 0.139. The molecule has 0 spiro atoms. The maximum Gasteiger partial charge on any atom is 0.113 e. The Hall–Kier alpha value is -0.450. The summed E-state index contributed by atoms with van der Waals surface area (Å²) >= 11 is 1.80. The Kier molecular flexibility index (Phi) is 3.62. The fraction of sp³-hybridized carbons (Fsp3) is 0.750. The van der Waals surface area contributed by atoms with Gasteiger partial charge >= 0.3 is 0 Å². The minimum atomic E-state index is 0.139. The summed E-state index contributed by atoms with van der Waals surface area (Å²) in [7, 11) is 2.20. The second-order valence-corrected chi connectivity index (χ2v) is 5.57. The molecule has 16 heavy (non-hydrogen) atoms. The normalized spacial score (nSPS) is 21.2. The van der Waals surface area contributed by atoms with E-state index in [9.17, 15) is 0 Å². The van der Waals surface area contributed by atoms with Crippen molar-refractivity contribution in [3.8, 4) is 0 Å². The van der Waals surface area contributed by atoms with Gasteiger partial charge in [0.15, 0.2) is 0 Å². The fourth-order valence-electron chi connectivity index (χ4n) is 2.38. The van der Waals surface area contributed by atoms with Gasteiger partial charge in [-0.15, -0.1) is 11.3 Å². The molecule has 1 N–H and O–H groups in total. The predicted octanol–water partition coefficient (Wildman–Crippen LogP) is 1.98. The molecule has 2 heterocycles. The molecule has 1 aromatic rings. The maximum absolute atomic E-state index is 4.69. The Morgan fingerprint density at radius 3 is 2.69 bits per heavy atom. The quantitative estimate of drug-likeness (QED) is 0.874. The van der Waals surface area contributed by atoms with Gasteiger partial charge in [0.1, 0.15) is 5.01 Å². The molecule has 1 aliphatic heterocycles. The summed E-state index contributed by atoms with van der Waals surface area (Å²) in [6.07, 6.45) is 2.34. The molecule has 0 bridgehead atoms. The standard InChI is InChI=1S/C12H21N3S/c1-4-13-12(5-7-15(3)8-6-12)11-14-10(2)9-16-11/h9,13H,4-8H2,1-3H3. The van der Waals surface area contributed by atoms with Crippen molar-refractivity contribution in [3.05, 3.63) is 16.1 Å². The number of thiazole rings is 1. The molecule has 1 saturated heterocycles. The van der Waals surface area contributed by atoms with Crippen molar-refractivity contribution in [1.29, 1.82) is 0 Å². The molecular weight excluding hydrogens is 218 g/mol. The third-order valence-corrected chi connectivity index (χ3v) is 4.55. The molecule has 90 valence electrons. The molecule has 0 radical (unpaired) electrons. The lowest BCUT2D eigenvalue weighted by Crippen LogP contribution is -2.50. The monoisotopic (exact) mass is 239 g/mol. The number of nitrogens with one attached hydrogen (secondary N) is 1. The van der Waals surface area contributed by atoms with Crippen LogP contribution in [0.15, 0.2) is 5.38 Å². The first-order valence-corrected chi connectivity index (χ1v) is 6.90. The van der Waals surface area contributed by atoms with Crippen LogP contribution in [0.25, 0.3) is 0 Å². The Morgan fingerprint density at radius 2 is 2.19 bits per heavy atom. The highest BCUT2D eigenvalue weighted by atomic mass is 32.1. The number of aryl methyl sites for hydroxylation is 1. The minimum Gasteiger partial charge on any atom is -0.306 e. The maximum atomic E-state index is 4.69. The van der Waals surface area contributed by atoms with Crippen LogP contribution in [-0.2, 0) is 5.54 Å². The molecule has 0 aromatic carbocycles. The number of rotatable bonds is 3. The van der Waals surface area contributed by atoms with Gasteiger partial charge in [0, 0.05) is 24.2 Å². The Bertz CT molecular complexity index is 340. The SMILES string of the molecule is CCNC1(c2nc(C)cs2)CCN(C)CC1. The Labute approximate surface area is 102 Å². The second-order valence-electron chi connectivity index (χ2n) is 4.71. The van der Waals surface area contributed by atoms with Crippen molar-refractivity contribution in [2.45, 2.75) is 32.2 Å². The van der Waals surface area contributed by atoms with Gasteiger partial charge in [-0.05, 0) is 33.4 Å². The van der Waals surface area contributed by atoms with E-state index in [1.54, 1.807) is 11.3 Å². The van der Waals surface area contributed by atoms with Crippen LogP contribution in [-0.4, -0.2) is 36.6 Å². The van der Waals surface area contributed by atoms with Crippen LogP contribution in [0.4, 0.5) is 0 Å². The molecule has 0 amide bonds. The lowest BCUT2D eigenvalue weighted by molar-refractivity contribution is 0.158. The van der Waals surface area contributed by atoms with Gasteiger partial charge in [-0.1, -0.05) is 6.92 Å². The average molecular weight is 239 g/mol. The first kappa shape index (κ1) is 12.0. The second kappa shape index (κ2) is 4.82. The van der Waals surface area contributed by atoms with Crippen LogP contribution >= 0.6 is 11.3 Å². The molecule has 0 atom stereocenters. The highest BCUT2D eigenvalue weighted by molar-refractivity contribution is 7.09. The highest BCUT2D eigenvalue weighted by Gasteiger charge is 2.36. The number of hydrogen-bond acceptors (Lipinski definition) is 4. The fourth-order valence-corrected chi connectivity index (χ4v) is 3.41. The third-order valence-electron chi connectivity index (χ3n) is 3.38. The molecule has 3 nitrogen and oxygen atoms in total. The zero-order valence-corrected chi connectivity index (χ0v) is 11.2. The van der Waals surface area contributed by atoms with Crippen molar-refractivity contribution in [1.82, 2.24) is 15.2 Å². The molecule has 2 rings (SSSR count). The van der Waals surface area contributed by atoms with Crippen molar-refractivity contribution < 1.29 is 0 Å². The molecule has 1 fully saturated rings. The Balaban J connectivity index is 2.22. The molecule has 1 aromatic heterocycles. The van der Waals surface area contributed by atoms with Gasteiger partial charge in [-0.2, -0.15) is 0 Å². The highest BCUT2D eigenvalue weighted by Crippen LogP contribution is 2.34. The van der Waals surface area contributed by atoms with Crippen molar-refractivity contribution in [3.63, 3.8) is 0 Å². The van der Waals surface area contributed by atoms with Gasteiger partial charge in [0.05, 0.1) is 5.54 Å². The van der Waals surface area contributed by atoms with E-state index in [4.69, 9.17) is 0 Å². The number of piperidine rings is 1. The number of nitrogens with zero attached hydrogens (tertiary/aromatic N) is 2. The lowest BCUT2D eigenvalue weighted by Gasteiger charge is -2.39. The Morgan fingerprint density at radius 1 is 1.50 bits per heavy atom. The molecule has 1 aliphatic rings. The largest absolute Gasteiger partial charge is 0.306 e. The first-order valence-electron chi connectivity index (χ1n) is 6.02. The van der Waals surface area contributed by atoms with E-state index in [0.717, 1.165) is 25.3 Å². The summed E-state index contributed by atoms with van der Waals surface area (Å²) in [5.74, 6) is 0. The van der Waals surface area contributed by atoms with Crippen LogP contribution in [0, 0.1) is 6.92 Å². The van der Waals surface area contributed by atoms with Gasteiger partial charge in [-0.25, -0.2) is 4.98 Å². The zero-order chi connectivity index (χ0) is 11.6. The summed E-state index contributed by atoms with van der Waals surface area (Å²) in [6, 6.07) is 0. The van der Waals surface area contributed by atoms with E-state index in [0.29, 0.717) is 0 Å². The summed E-state index contributed by atoms with van der Waals surface area (Å²) in [4.78, 5) is 7.09. The number of likely N-dealkylation sites (tertiary alicyclic amines) is 1. The summed E-state index contributed by atoms with van der Waals surface area (Å²) in [5, 5.41) is 7.11. The van der Waals surface area contributed by atoms with Gasteiger partial charge in [-0.3, -0.25) is 0 Å². The number of hydrogen-bond donors (Lipinski definition) is 1. The zero-order valence-electron chi connectivity index (χ0n) is 10.4. The van der Waals surface area contributed by atoms with E-state index in [2.05, 4.69) is 41.5 Å². The van der Waals surface area contributed by atoms with E-state index in [1.165, 1.54) is 17.8 Å². The smallest absolute Gasteiger partial charge is 0.113 e. The summed E-state index contributed by atoms with van der Waals surface area (Å²) in [5.41, 5.74) is 1.29. The van der Waals surface area contributed by atoms with Gasteiger partial charge < -0.3 is 10.2 Å². The molecule has 4 heteroatoms. The third kappa shape index (κ3) is 2.29. The van der Waals surface area contributed by atoms with E-state index in [1.807, 2.05) is 0 Å². The van der Waals surface area contributed by atoms with E-state index < -0.39 is 0 Å². The van der Waals surface area contributed by atoms with Crippen molar-refractivity contribution in [2.75, 3.05) is 26.7 Å². The summed E-state index contributed by atoms with van der Waals surface area (Å²) < 4.78 is 0. The average Bonchev–Trinajstić information content (AvgIpc) is 2.70. The molecule has 0 saturated carbocycles. The number of aromatic nitrogens is 1. The van der Waals surface area contributed by atoms with Crippen molar-refractivity contribution >= 4 is 11.3 Å². The van der Waals surface area contributed by atoms with Gasteiger partial charge in [0.25, 0.3) is 0 Å². The lowest BCUT2D eigenvalue weighted by atomic mass is 9.88. The van der Waals surface area contributed by atoms with Crippen LogP contribution in [0.1, 0.15) is 30.5 Å². The predicted molar refractivity (Wildman–Crippen MR) is 68.9 cm³/mol. The molecular formula is C12H21N3S. The van der Waals surface area contributed by atoms with E-state index >= 15 is 0 Å². The van der Waals surface area contributed by atoms with Gasteiger partial charge in [0.2, 0.25) is 0 Å². The van der Waals surface area contributed by atoms with Crippen LogP contribution in [0.2, 0.25) is 0 Å². The first-order chi connectivity index (χ1) is 7.66.